The third kappa shape index (κ3) is 3.72. The van der Waals surface area contributed by atoms with Gasteiger partial charge in [-0.25, -0.2) is 0 Å². The number of carbonyl (C=O) groups excluding carboxylic acids is 2. The van der Waals surface area contributed by atoms with Crippen LogP contribution >= 0.6 is 23.2 Å². The molecule has 1 rings (SSSR count). The van der Waals surface area contributed by atoms with E-state index in [-0.39, 0.29) is 13.0 Å². The zero-order valence-corrected chi connectivity index (χ0v) is 11.5. The van der Waals surface area contributed by atoms with Crippen LogP contribution in [-0.4, -0.2) is 18.9 Å². The third-order valence-corrected chi connectivity index (χ3v) is 3.52. The van der Waals surface area contributed by atoms with E-state index in [4.69, 9.17) is 23.2 Å². The Morgan fingerprint density at radius 2 is 2.11 bits per heavy atom. The lowest BCUT2D eigenvalue weighted by Gasteiger charge is -2.28. The van der Waals surface area contributed by atoms with Gasteiger partial charge in [0, 0.05) is 6.54 Å². The van der Waals surface area contributed by atoms with E-state index in [2.05, 4.69) is 11.9 Å². The van der Waals surface area contributed by atoms with Gasteiger partial charge in [0.25, 0.3) is 0 Å². The fourth-order valence-electron chi connectivity index (χ4n) is 1.74. The van der Waals surface area contributed by atoms with Gasteiger partial charge in [-0.05, 0) is 24.1 Å². The quantitative estimate of drug-likeness (QED) is 0.645. The Kier molecular flexibility index (Phi) is 5.39. The number of hydrogen-bond acceptors (Lipinski definition) is 3. The van der Waals surface area contributed by atoms with Crippen LogP contribution in [0.5, 0.6) is 0 Å². The second kappa shape index (κ2) is 6.59. The highest BCUT2D eigenvalue weighted by atomic mass is 35.5. The summed E-state index contributed by atoms with van der Waals surface area (Å²) in [6.45, 7) is 3.46. The first-order chi connectivity index (χ1) is 8.95. The minimum Gasteiger partial charge on any atom is -0.530 e. The number of carboxylic acid groups (broad SMARTS) is 1. The SMILES string of the molecule is C=CCC(C=O)(CNC(=O)[O-])c1ccc(Cl)c(Cl)c1. The molecule has 1 N–H and O–H groups in total. The van der Waals surface area contributed by atoms with Crippen molar-refractivity contribution in [3.8, 4) is 0 Å². The maximum absolute atomic E-state index is 11.4. The van der Waals surface area contributed by atoms with Crippen LogP contribution < -0.4 is 10.4 Å². The van der Waals surface area contributed by atoms with Gasteiger partial charge in [0.05, 0.1) is 15.5 Å². The van der Waals surface area contributed by atoms with E-state index in [9.17, 15) is 14.7 Å². The van der Waals surface area contributed by atoms with E-state index >= 15 is 0 Å². The maximum Gasteiger partial charge on any atom is 0.134 e. The van der Waals surface area contributed by atoms with Crippen molar-refractivity contribution in [2.24, 2.45) is 0 Å². The van der Waals surface area contributed by atoms with E-state index in [1.54, 1.807) is 18.2 Å². The van der Waals surface area contributed by atoms with Crippen molar-refractivity contribution in [1.82, 2.24) is 5.32 Å². The molecule has 0 aliphatic carbocycles. The minimum absolute atomic E-state index is 0.122. The highest BCUT2D eigenvalue weighted by Gasteiger charge is 2.31. The summed E-state index contributed by atoms with van der Waals surface area (Å²) in [7, 11) is 0. The molecule has 1 unspecified atom stereocenters. The van der Waals surface area contributed by atoms with E-state index < -0.39 is 11.5 Å². The van der Waals surface area contributed by atoms with Crippen LogP contribution in [0.4, 0.5) is 4.79 Å². The number of aldehydes is 1. The number of rotatable bonds is 6. The monoisotopic (exact) mass is 300 g/mol. The Balaban J connectivity index is 3.19. The Morgan fingerprint density at radius 1 is 1.42 bits per heavy atom. The van der Waals surface area contributed by atoms with Gasteiger partial charge in [-0.2, -0.15) is 0 Å². The van der Waals surface area contributed by atoms with Gasteiger partial charge in [0.1, 0.15) is 12.4 Å². The first kappa shape index (κ1) is 15.5. The molecule has 1 atom stereocenters. The summed E-state index contributed by atoms with van der Waals surface area (Å²) in [5.74, 6) is 0. The normalized spacial score (nSPS) is 13.4. The first-order valence-electron chi connectivity index (χ1n) is 5.43. The Hall–Kier alpha value is -1.52. The molecule has 0 radical (unpaired) electrons. The fraction of sp³-hybridized carbons (Fsp3) is 0.231. The molecule has 1 amide bonds. The Bertz CT molecular complexity index is 505. The Morgan fingerprint density at radius 3 is 2.58 bits per heavy atom. The highest BCUT2D eigenvalue weighted by molar-refractivity contribution is 6.42. The van der Waals surface area contributed by atoms with E-state index in [0.29, 0.717) is 21.9 Å². The summed E-state index contributed by atoms with van der Waals surface area (Å²) >= 11 is 11.7. The van der Waals surface area contributed by atoms with Crippen molar-refractivity contribution < 1.29 is 14.7 Å². The summed E-state index contributed by atoms with van der Waals surface area (Å²) < 4.78 is 0. The van der Waals surface area contributed by atoms with Gasteiger partial charge in [0.2, 0.25) is 0 Å². The second-order valence-corrected chi connectivity index (χ2v) is 4.85. The molecule has 0 aliphatic heterocycles. The molecular formula is C13H12Cl2NO3-. The zero-order chi connectivity index (χ0) is 14.5. The van der Waals surface area contributed by atoms with Crippen molar-refractivity contribution in [2.45, 2.75) is 11.8 Å². The smallest absolute Gasteiger partial charge is 0.134 e. The summed E-state index contributed by atoms with van der Waals surface area (Å²) in [6, 6.07) is 4.72. The number of halogens is 2. The van der Waals surface area contributed by atoms with Gasteiger partial charge in [-0.15, -0.1) is 6.58 Å². The van der Waals surface area contributed by atoms with Crippen LogP contribution in [0.15, 0.2) is 30.9 Å². The molecule has 0 heterocycles. The highest BCUT2D eigenvalue weighted by Crippen LogP contribution is 2.31. The molecular weight excluding hydrogens is 289 g/mol. The second-order valence-electron chi connectivity index (χ2n) is 4.04. The van der Waals surface area contributed by atoms with Crippen LogP contribution in [0.1, 0.15) is 12.0 Å². The van der Waals surface area contributed by atoms with Crippen LogP contribution in [0, 0.1) is 0 Å². The van der Waals surface area contributed by atoms with Gasteiger partial charge in [-0.1, -0.05) is 35.3 Å². The molecule has 0 fully saturated rings. The molecule has 4 nitrogen and oxygen atoms in total. The molecule has 19 heavy (non-hydrogen) atoms. The van der Waals surface area contributed by atoms with Gasteiger partial charge in [-0.3, -0.25) is 0 Å². The molecule has 0 saturated carbocycles. The molecule has 0 bridgehead atoms. The van der Waals surface area contributed by atoms with Crippen molar-refractivity contribution in [3.05, 3.63) is 46.5 Å². The largest absolute Gasteiger partial charge is 0.530 e. The number of amides is 1. The summed E-state index contributed by atoms with van der Waals surface area (Å²) in [4.78, 5) is 22.0. The topological polar surface area (TPSA) is 69.2 Å². The summed E-state index contributed by atoms with van der Waals surface area (Å²) in [6.07, 6.45) is 1.02. The van der Waals surface area contributed by atoms with E-state index in [0.717, 1.165) is 0 Å². The summed E-state index contributed by atoms with van der Waals surface area (Å²) in [5, 5.41) is 13.3. The van der Waals surface area contributed by atoms with Crippen molar-refractivity contribution in [2.75, 3.05) is 6.54 Å². The molecule has 1 aromatic rings. The molecule has 0 spiro atoms. The number of hydrogen-bond donors (Lipinski definition) is 1. The molecule has 102 valence electrons. The van der Waals surface area contributed by atoms with Crippen molar-refractivity contribution in [1.29, 1.82) is 0 Å². The van der Waals surface area contributed by atoms with Gasteiger partial charge in [0.15, 0.2) is 0 Å². The standard InChI is InChI=1S/C13H13Cl2NO3/c1-2-5-13(8-17,7-16-12(18)19)9-3-4-10(14)11(15)6-9/h2-4,6,8,16H,1,5,7H2,(H,18,19)/p-1. The lowest BCUT2D eigenvalue weighted by atomic mass is 9.79. The zero-order valence-electron chi connectivity index (χ0n) is 9.99. The van der Waals surface area contributed by atoms with Crippen LogP contribution in [-0.2, 0) is 10.2 Å². The first-order valence-corrected chi connectivity index (χ1v) is 6.18. The number of benzene rings is 1. The van der Waals surface area contributed by atoms with Gasteiger partial charge < -0.3 is 20.0 Å². The van der Waals surface area contributed by atoms with Crippen molar-refractivity contribution in [3.63, 3.8) is 0 Å². The molecule has 6 heteroatoms. The Labute approximate surface area is 121 Å². The average molecular weight is 301 g/mol. The predicted molar refractivity (Wildman–Crippen MR) is 72.4 cm³/mol. The molecule has 0 aliphatic rings. The van der Waals surface area contributed by atoms with Gasteiger partial charge >= 0.3 is 0 Å². The summed E-state index contributed by atoms with van der Waals surface area (Å²) in [5.41, 5.74) is -0.513. The fourth-order valence-corrected chi connectivity index (χ4v) is 2.04. The molecule has 0 aromatic heterocycles. The van der Waals surface area contributed by atoms with E-state index in [1.165, 1.54) is 6.08 Å². The lowest BCUT2D eigenvalue weighted by Crippen LogP contribution is -2.46. The number of allylic oxidation sites excluding steroid dienone is 1. The average Bonchev–Trinajstić information content (AvgIpc) is 2.38. The van der Waals surface area contributed by atoms with Crippen LogP contribution in [0.2, 0.25) is 10.0 Å². The van der Waals surface area contributed by atoms with Crippen molar-refractivity contribution >= 4 is 35.6 Å². The maximum atomic E-state index is 11.4. The molecule has 1 aromatic carbocycles. The van der Waals surface area contributed by atoms with Crippen LogP contribution in [0.3, 0.4) is 0 Å². The molecule has 0 saturated heterocycles. The third-order valence-electron chi connectivity index (χ3n) is 2.78. The van der Waals surface area contributed by atoms with Crippen LogP contribution in [0.25, 0.3) is 0 Å². The minimum atomic E-state index is -1.45. The number of nitrogens with one attached hydrogen (secondary N) is 1. The predicted octanol–water partition coefficient (Wildman–Crippen LogP) is 1.94. The van der Waals surface area contributed by atoms with E-state index in [1.807, 2.05) is 0 Å². The lowest BCUT2D eigenvalue weighted by molar-refractivity contribution is -0.250. The number of carbonyl (C=O) groups is 2.